The summed E-state index contributed by atoms with van der Waals surface area (Å²) < 4.78 is 93.7. The summed E-state index contributed by atoms with van der Waals surface area (Å²) in [6.45, 7) is 5.41. The molecule has 2 rings (SSSR count). The minimum atomic E-state index is -5.08. The van der Waals surface area contributed by atoms with Crippen LogP contribution in [0.5, 0.6) is 0 Å². The maximum atomic E-state index is 14.6. The average Bonchev–Trinajstić information content (AvgIpc) is 2.51. The fourth-order valence-electron chi connectivity index (χ4n) is 3.24. The summed E-state index contributed by atoms with van der Waals surface area (Å²) in [6.07, 6.45) is -9.92. The molecule has 0 unspecified atom stereocenters. The van der Waals surface area contributed by atoms with Crippen molar-refractivity contribution in [1.82, 2.24) is 10.2 Å². The number of rotatable bonds is 4. The number of benzene rings is 1. The Bertz CT molecular complexity index is 617. The third-order valence-electron chi connectivity index (χ3n) is 4.38. The Labute approximate surface area is 147 Å². The van der Waals surface area contributed by atoms with Crippen molar-refractivity contribution in [1.29, 1.82) is 0 Å². The van der Waals surface area contributed by atoms with Gasteiger partial charge in [0.2, 0.25) is 0 Å². The number of alkyl halides is 6. The van der Waals surface area contributed by atoms with Gasteiger partial charge in [-0.3, -0.25) is 4.90 Å². The van der Waals surface area contributed by atoms with Crippen molar-refractivity contribution >= 4 is 0 Å². The average molecular weight is 386 g/mol. The summed E-state index contributed by atoms with van der Waals surface area (Å²) in [7, 11) is 0. The second-order valence-corrected chi connectivity index (χ2v) is 6.85. The number of hydrogen-bond acceptors (Lipinski definition) is 2. The van der Waals surface area contributed by atoms with Crippen LogP contribution in [0.15, 0.2) is 12.1 Å². The maximum absolute atomic E-state index is 14.6. The van der Waals surface area contributed by atoms with Gasteiger partial charge >= 0.3 is 12.4 Å². The van der Waals surface area contributed by atoms with Crippen LogP contribution in [-0.2, 0) is 12.4 Å². The highest BCUT2D eigenvalue weighted by Gasteiger charge is 2.42. The Kier molecular flexibility index (Phi) is 6.22. The van der Waals surface area contributed by atoms with E-state index in [1.54, 1.807) is 18.7 Å². The summed E-state index contributed by atoms with van der Waals surface area (Å²) in [4.78, 5) is 1.71. The SMILES string of the molecule is CC(C)C[C@H](c1c(F)cc(C(F)(F)F)cc1C(F)(F)F)N1CCNCC1. The Morgan fingerprint density at radius 3 is 2.04 bits per heavy atom. The largest absolute Gasteiger partial charge is 0.416 e. The van der Waals surface area contributed by atoms with Gasteiger partial charge in [-0.25, -0.2) is 4.39 Å². The monoisotopic (exact) mass is 386 g/mol. The Balaban J connectivity index is 2.62. The summed E-state index contributed by atoms with van der Waals surface area (Å²) in [5.41, 5.74) is -3.87. The molecule has 2 nitrogen and oxygen atoms in total. The third-order valence-corrected chi connectivity index (χ3v) is 4.38. The first-order valence-electron chi connectivity index (χ1n) is 8.34. The second-order valence-electron chi connectivity index (χ2n) is 6.85. The van der Waals surface area contributed by atoms with E-state index in [4.69, 9.17) is 0 Å². The van der Waals surface area contributed by atoms with Gasteiger partial charge in [-0.15, -0.1) is 0 Å². The topological polar surface area (TPSA) is 15.3 Å². The number of hydrogen-bond donors (Lipinski definition) is 1. The van der Waals surface area contributed by atoms with Crippen LogP contribution in [0.2, 0.25) is 0 Å². The van der Waals surface area contributed by atoms with Gasteiger partial charge < -0.3 is 5.32 Å². The molecule has 0 saturated carbocycles. The molecule has 1 atom stereocenters. The Morgan fingerprint density at radius 2 is 1.58 bits per heavy atom. The van der Waals surface area contributed by atoms with E-state index >= 15 is 0 Å². The van der Waals surface area contributed by atoms with Crippen molar-refractivity contribution in [2.75, 3.05) is 26.2 Å². The molecule has 1 aliphatic heterocycles. The lowest BCUT2D eigenvalue weighted by atomic mass is 9.89. The smallest absolute Gasteiger partial charge is 0.314 e. The number of nitrogens with one attached hydrogen (secondary N) is 1. The molecule has 0 radical (unpaired) electrons. The van der Waals surface area contributed by atoms with Crippen LogP contribution in [0, 0.1) is 11.7 Å². The molecule has 0 amide bonds. The van der Waals surface area contributed by atoms with Crippen molar-refractivity contribution in [3.8, 4) is 0 Å². The molecule has 1 N–H and O–H groups in total. The molecule has 148 valence electrons. The molecule has 0 bridgehead atoms. The fourth-order valence-corrected chi connectivity index (χ4v) is 3.24. The van der Waals surface area contributed by atoms with Gasteiger partial charge in [0.25, 0.3) is 0 Å². The van der Waals surface area contributed by atoms with Gasteiger partial charge in [0, 0.05) is 37.8 Å². The van der Waals surface area contributed by atoms with Crippen LogP contribution in [0.1, 0.15) is 43.0 Å². The molecule has 1 fully saturated rings. The lowest BCUT2D eigenvalue weighted by Gasteiger charge is -2.37. The highest BCUT2D eigenvalue weighted by Crippen LogP contribution is 2.43. The Morgan fingerprint density at radius 1 is 1.00 bits per heavy atom. The van der Waals surface area contributed by atoms with Crippen molar-refractivity contribution < 1.29 is 30.7 Å². The molecule has 0 aromatic heterocycles. The van der Waals surface area contributed by atoms with E-state index in [1.807, 2.05) is 0 Å². The first kappa shape index (κ1) is 21.0. The minimum absolute atomic E-state index is 0.0218. The summed E-state index contributed by atoms with van der Waals surface area (Å²) in [5, 5.41) is 3.06. The maximum Gasteiger partial charge on any atom is 0.416 e. The molecule has 0 aliphatic carbocycles. The van der Waals surface area contributed by atoms with Gasteiger partial charge in [-0.2, -0.15) is 26.3 Å². The highest BCUT2D eigenvalue weighted by atomic mass is 19.4. The van der Waals surface area contributed by atoms with Crippen LogP contribution in [-0.4, -0.2) is 31.1 Å². The second kappa shape index (κ2) is 7.72. The van der Waals surface area contributed by atoms with Gasteiger partial charge in [0.05, 0.1) is 11.1 Å². The predicted molar refractivity (Wildman–Crippen MR) is 83.0 cm³/mol. The van der Waals surface area contributed by atoms with Crippen LogP contribution in [0.25, 0.3) is 0 Å². The minimum Gasteiger partial charge on any atom is -0.314 e. The lowest BCUT2D eigenvalue weighted by molar-refractivity contribution is -0.144. The fraction of sp³-hybridized carbons (Fsp3) is 0.647. The van der Waals surface area contributed by atoms with Crippen molar-refractivity contribution in [3.63, 3.8) is 0 Å². The van der Waals surface area contributed by atoms with Crippen LogP contribution in [0.4, 0.5) is 30.7 Å². The third kappa shape index (κ3) is 4.88. The number of nitrogens with zero attached hydrogens (tertiary/aromatic N) is 1. The molecule has 26 heavy (non-hydrogen) atoms. The predicted octanol–water partition coefficient (Wildman–Crippen LogP) is 4.86. The summed E-state index contributed by atoms with van der Waals surface area (Å²) in [6, 6.07) is -0.746. The zero-order valence-corrected chi connectivity index (χ0v) is 14.4. The zero-order valence-electron chi connectivity index (χ0n) is 14.4. The number of halogens is 7. The molecule has 1 aromatic carbocycles. The Hall–Kier alpha value is -1.35. The molecular formula is C17H21F7N2. The van der Waals surface area contributed by atoms with Crippen LogP contribution < -0.4 is 5.32 Å². The van der Waals surface area contributed by atoms with Crippen molar-refractivity contribution in [3.05, 3.63) is 34.6 Å². The van der Waals surface area contributed by atoms with Crippen LogP contribution in [0.3, 0.4) is 0 Å². The molecule has 1 aromatic rings. The molecule has 9 heteroatoms. The van der Waals surface area contributed by atoms with E-state index in [2.05, 4.69) is 5.32 Å². The van der Waals surface area contributed by atoms with Crippen molar-refractivity contribution in [2.45, 2.75) is 38.7 Å². The highest BCUT2D eigenvalue weighted by molar-refractivity contribution is 5.39. The van der Waals surface area contributed by atoms with Gasteiger partial charge in [-0.1, -0.05) is 13.8 Å². The van der Waals surface area contributed by atoms with E-state index in [0.29, 0.717) is 26.2 Å². The van der Waals surface area contributed by atoms with Crippen molar-refractivity contribution in [2.24, 2.45) is 5.92 Å². The molecule has 1 heterocycles. The number of piperazine rings is 1. The van der Waals surface area contributed by atoms with Gasteiger partial charge in [0.15, 0.2) is 0 Å². The van der Waals surface area contributed by atoms with Gasteiger partial charge in [0.1, 0.15) is 5.82 Å². The first-order valence-corrected chi connectivity index (χ1v) is 8.34. The summed E-state index contributed by atoms with van der Waals surface area (Å²) >= 11 is 0. The lowest BCUT2D eigenvalue weighted by Crippen LogP contribution is -2.46. The molecular weight excluding hydrogens is 365 g/mol. The standard InChI is InChI=1S/C17H21F7N2/c1-10(2)7-14(26-5-3-25-4-6-26)15-12(17(22,23)24)8-11(9-13(15)18)16(19,20)21/h8-10,14,25H,3-7H2,1-2H3/t14-/m1/s1. The zero-order chi connectivity index (χ0) is 19.7. The normalized spacial score (nSPS) is 18.4. The molecule has 1 saturated heterocycles. The van der Waals surface area contributed by atoms with E-state index in [0.717, 1.165) is 0 Å². The van der Waals surface area contributed by atoms with Gasteiger partial charge in [-0.05, 0) is 24.5 Å². The first-order chi connectivity index (χ1) is 11.9. The van der Waals surface area contributed by atoms with E-state index in [-0.39, 0.29) is 24.5 Å². The quantitative estimate of drug-likeness (QED) is 0.744. The van der Waals surface area contributed by atoms with E-state index in [9.17, 15) is 30.7 Å². The van der Waals surface area contributed by atoms with E-state index in [1.165, 1.54) is 0 Å². The summed E-state index contributed by atoms with van der Waals surface area (Å²) in [5.74, 6) is -1.52. The van der Waals surface area contributed by atoms with Crippen LogP contribution >= 0.6 is 0 Å². The molecule has 0 spiro atoms. The van der Waals surface area contributed by atoms with E-state index < -0.39 is 40.9 Å². The molecule has 1 aliphatic rings.